The van der Waals surface area contributed by atoms with E-state index >= 15 is 0 Å². The molecule has 2 N–H and O–H groups in total. The topological polar surface area (TPSA) is 84.2 Å². The molecule has 6 nitrogen and oxygen atoms in total. The molecule has 0 saturated heterocycles. The van der Waals surface area contributed by atoms with Gasteiger partial charge in [0.2, 0.25) is 10.0 Å². The Bertz CT molecular complexity index is 582. The summed E-state index contributed by atoms with van der Waals surface area (Å²) in [5.74, 6) is 0. The maximum atomic E-state index is 12.1. The van der Waals surface area contributed by atoms with Crippen molar-refractivity contribution in [1.82, 2.24) is 14.5 Å². The number of aliphatic hydroxyl groups is 1. The Kier molecular flexibility index (Phi) is 5.76. The molecule has 10 heteroatoms. The predicted molar refractivity (Wildman–Crippen MR) is 69.3 cm³/mol. The van der Waals surface area contributed by atoms with Gasteiger partial charge in [-0.15, -0.1) is 0 Å². The molecule has 1 heterocycles. The van der Waals surface area contributed by atoms with Crippen LogP contribution in [0.3, 0.4) is 0 Å². The van der Waals surface area contributed by atoms with Crippen molar-refractivity contribution in [2.45, 2.75) is 44.3 Å². The number of hydrogen-bond donors (Lipinski definition) is 2. The number of nitrogens with one attached hydrogen (secondary N) is 1. The van der Waals surface area contributed by atoms with Crippen LogP contribution in [0.25, 0.3) is 0 Å². The summed E-state index contributed by atoms with van der Waals surface area (Å²) in [4.78, 5) is -0.0528. The fraction of sp³-hybridized carbons (Fsp3) is 0.727. The quantitative estimate of drug-likeness (QED) is 0.734. The van der Waals surface area contributed by atoms with E-state index in [1.54, 1.807) is 0 Å². The molecule has 0 aliphatic carbocycles. The van der Waals surface area contributed by atoms with Gasteiger partial charge in [0.25, 0.3) is 0 Å². The summed E-state index contributed by atoms with van der Waals surface area (Å²) in [6.07, 6.45) is -5.67. The first kappa shape index (κ1) is 17.9. The number of hydrogen-bond acceptors (Lipinski definition) is 4. The lowest BCUT2D eigenvalue weighted by molar-refractivity contribution is -0.135. The molecule has 0 fully saturated rings. The van der Waals surface area contributed by atoms with E-state index in [1.165, 1.54) is 18.5 Å². The lowest BCUT2D eigenvalue weighted by Gasteiger charge is -2.09. The van der Waals surface area contributed by atoms with Gasteiger partial charge in [-0.05, 0) is 20.3 Å². The molecule has 0 amide bonds. The van der Waals surface area contributed by atoms with Crippen LogP contribution in [0.15, 0.2) is 4.90 Å². The van der Waals surface area contributed by atoms with Gasteiger partial charge in [-0.1, -0.05) is 0 Å². The lowest BCUT2D eigenvalue weighted by atomic mass is 10.3. The molecule has 1 rings (SSSR count). The summed E-state index contributed by atoms with van der Waals surface area (Å²) in [6.45, 7) is 2.67. The zero-order valence-corrected chi connectivity index (χ0v) is 12.6. The minimum absolute atomic E-state index is 0.0528. The van der Waals surface area contributed by atoms with Crippen LogP contribution in [-0.2, 0) is 16.6 Å². The van der Waals surface area contributed by atoms with Gasteiger partial charge in [0.05, 0.1) is 24.5 Å². The van der Waals surface area contributed by atoms with Crippen molar-refractivity contribution >= 4 is 10.0 Å². The molecule has 0 aliphatic rings. The molecule has 21 heavy (non-hydrogen) atoms. The monoisotopic (exact) mass is 329 g/mol. The standard InChI is InChI=1S/C11H18F3N3O3S/c1-8-10(9(2)17(16-8)6-7-18)21(19,20)15-5-3-4-11(12,13)14/h15,18H,3-7H2,1-2H3. The van der Waals surface area contributed by atoms with Gasteiger partial charge in [0, 0.05) is 13.0 Å². The highest BCUT2D eigenvalue weighted by Crippen LogP contribution is 2.22. The second-order valence-electron chi connectivity index (χ2n) is 4.56. The molecule has 0 aromatic carbocycles. The molecule has 0 saturated carbocycles. The van der Waals surface area contributed by atoms with E-state index in [4.69, 9.17) is 5.11 Å². The van der Waals surface area contributed by atoms with Crippen molar-refractivity contribution in [3.05, 3.63) is 11.4 Å². The van der Waals surface area contributed by atoms with Gasteiger partial charge in [-0.2, -0.15) is 18.3 Å². The summed E-state index contributed by atoms with van der Waals surface area (Å²) < 4.78 is 63.7. The van der Waals surface area contributed by atoms with Crippen LogP contribution >= 0.6 is 0 Å². The third-order valence-electron chi connectivity index (χ3n) is 2.82. The molecule has 0 atom stereocenters. The van der Waals surface area contributed by atoms with Gasteiger partial charge >= 0.3 is 6.18 Å². The van der Waals surface area contributed by atoms with Crippen molar-refractivity contribution in [3.8, 4) is 0 Å². The summed E-state index contributed by atoms with van der Waals surface area (Å²) in [6, 6.07) is 0. The van der Waals surface area contributed by atoms with Gasteiger partial charge < -0.3 is 5.11 Å². The normalized spacial score (nSPS) is 12.9. The smallest absolute Gasteiger partial charge is 0.389 e. The fourth-order valence-corrected chi connectivity index (χ4v) is 3.43. The largest absolute Gasteiger partial charge is 0.394 e. The summed E-state index contributed by atoms with van der Waals surface area (Å²) in [5.41, 5.74) is 0.578. The number of alkyl halides is 3. The average Bonchev–Trinajstić information content (AvgIpc) is 2.60. The van der Waals surface area contributed by atoms with Crippen LogP contribution < -0.4 is 4.72 Å². The van der Waals surface area contributed by atoms with Crippen LogP contribution in [0.1, 0.15) is 24.2 Å². The zero-order chi connectivity index (χ0) is 16.3. The number of aromatic nitrogens is 2. The number of rotatable bonds is 7. The second kappa shape index (κ2) is 6.75. The SMILES string of the molecule is Cc1nn(CCO)c(C)c1S(=O)(=O)NCCCC(F)(F)F. The summed E-state index contributed by atoms with van der Waals surface area (Å²) in [7, 11) is -3.92. The van der Waals surface area contributed by atoms with Crippen LogP contribution in [0.2, 0.25) is 0 Å². The molecule has 0 bridgehead atoms. The third kappa shape index (κ3) is 4.97. The maximum absolute atomic E-state index is 12.1. The van der Waals surface area contributed by atoms with Crippen molar-refractivity contribution in [3.63, 3.8) is 0 Å². The second-order valence-corrected chi connectivity index (χ2v) is 6.27. The number of sulfonamides is 1. The first-order valence-corrected chi connectivity index (χ1v) is 7.78. The number of halogens is 3. The lowest BCUT2D eigenvalue weighted by Crippen LogP contribution is -2.27. The fourth-order valence-electron chi connectivity index (χ4n) is 1.95. The van der Waals surface area contributed by atoms with Gasteiger partial charge in [0.15, 0.2) is 0 Å². The van der Waals surface area contributed by atoms with E-state index < -0.39 is 22.6 Å². The van der Waals surface area contributed by atoms with Crippen molar-refractivity contribution in [1.29, 1.82) is 0 Å². The number of nitrogens with zero attached hydrogens (tertiary/aromatic N) is 2. The zero-order valence-electron chi connectivity index (χ0n) is 11.7. The van der Waals surface area contributed by atoms with Gasteiger partial charge in [-0.25, -0.2) is 13.1 Å². The molecule has 1 aromatic heterocycles. The molecule has 122 valence electrons. The Balaban J connectivity index is 2.79. The highest BCUT2D eigenvalue weighted by molar-refractivity contribution is 7.89. The van der Waals surface area contributed by atoms with Crippen LogP contribution in [0, 0.1) is 13.8 Å². The van der Waals surface area contributed by atoms with E-state index in [2.05, 4.69) is 9.82 Å². The Morgan fingerprint density at radius 3 is 2.48 bits per heavy atom. The number of aliphatic hydroxyl groups excluding tert-OH is 1. The summed E-state index contributed by atoms with van der Waals surface area (Å²) in [5, 5.41) is 12.9. The van der Waals surface area contributed by atoms with Gasteiger partial charge in [0.1, 0.15) is 4.90 Å². The molecule has 0 aliphatic heterocycles. The average molecular weight is 329 g/mol. The Labute approximate surface area is 121 Å². The molecule has 0 spiro atoms. The van der Waals surface area contributed by atoms with Gasteiger partial charge in [-0.3, -0.25) is 4.68 Å². The Morgan fingerprint density at radius 2 is 1.95 bits per heavy atom. The van der Waals surface area contributed by atoms with E-state index in [1.807, 2.05) is 0 Å². The minimum Gasteiger partial charge on any atom is -0.394 e. The molecule has 0 unspecified atom stereocenters. The number of aryl methyl sites for hydroxylation is 1. The van der Waals surface area contributed by atoms with Crippen LogP contribution in [0.5, 0.6) is 0 Å². The van der Waals surface area contributed by atoms with E-state index in [0.717, 1.165) is 0 Å². The Hall–Kier alpha value is -1.13. The highest BCUT2D eigenvalue weighted by Gasteiger charge is 2.27. The predicted octanol–water partition coefficient (Wildman–Crippen LogP) is 1.11. The third-order valence-corrected chi connectivity index (χ3v) is 4.54. The molecule has 0 radical (unpaired) electrons. The van der Waals surface area contributed by atoms with E-state index in [9.17, 15) is 21.6 Å². The van der Waals surface area contributed by atoms with Crippen LogP contribution in [-0.4, -0.2) is 42.6 Å². The Morgan fingerprint density at radius 1 is 1.33 bits per heavy atom. The molecule has 1 aromatic rings. The first-order valence-electron chi connectivity index (χ1n) is 6.30. The summed E-state index contributed by atoms with van der Waals surface area (Å²) >= 11 is 0. The van der Waals surface area contributed by atoms with E-state index in [-0.39, 0.29) is 36.7 Å². The van der Waals surface area contributed by atoms with Crippen molar-refractivity contribution < 1.29 is 26.7 Å². The molecular weight excluding hydrogens is 311 g/mol. The minimum atomic E-state index is -4.30. The van der Waals surface area contributed by atoms with Crippen LogP contribution in [0.4, 0.5) is 13.2 Å². The van der Waals surface area contributed by atoms with Crippen molar-refractivity contribution in [2.75, 3.05) is 13.2 Å². The maximum Gasteiger partial charge on any atom is 0.389 e. The van der Waals surface area contributed by atoms with E-state index in [0.29, 0.717) is 5.69 Å². The first-order chi connectivity index (χ1) is 9.58. The molecular formula is C11H18F3N3O3S. The van der Waals surface area contributed by atoms with Crippen molar-refractivity contribution in [2.24, 2.45) is 0 Å². The highest BCUT2D eigenvalue weighted by atomic mass is 32.2.